The predicted molar refractivity (Wildman–Crippen MR) is 126 cm³/mol. The second-order valence-electron chi connectivity index (χ2n) is 7.16. The number of aromatic nitrogens is 1. The Morgan fingerprint density at radius 1 is 1.06 bits per heavy atom. The number of amides is 1. The number of carbonyl (C=O) groups excluding carboxylic acids is 1. The van der Waals surface area contributed by atoms with Crippen LogP contribution in [0.1, 0.15) is 21.5 Å². The lowest BCUT2D eigenvalue weighted by molar-refractivity contribution is 0.0977. The molecule has 6 nitrogen and oxygen atoms in total. The van der Waals surface area contributed by atoms with E-state index in [1.54, 1.807) is 31.4 Å². The van der Waals surface area contributed by atoms with Crippen molar-refractivity contribution in [3.63, 3.8) is 0 Å². The molecule has 3 aromatic carbocycles. The van der Waals surface area contributed by atoms with Crippen molar-refractivity contribution in [1.82, 2.24) is 10.3 Å². The first-order valence-electron chi connectivity index (χ1n) is 9.67. The molecule has 2 N–H and O–H groups in total. The van der Waals surface area contributed by atoms with E-state index in [2.05, 4.69) is 15.6 Å². The average molecular weight is 432 g/mol. The van der Waals surface area contributed by atoms with E-state index >= 15 is 0 Å². The quantitative estimate of drug-likeness (QED) is 0.430. The molecule has 0 fully saturated rings. The molecule has 0 aliphatic rings. The van der Waals surface area contributed by atoms with Crippen LogP contribution in [0.2, 0.25) is 0 Å². The number of benzene rings is 3. The zero-order chi connectivity index (χ0) is 22.0. The van der Waals surface area contributed by atoms with Crippen LogP contribution in [-0.4, -0.2) is 23.1 Å². The Bertz CT molecular complexity index is 1300. The maximum absolute atomic E-state index is 12.5. The van der Waals surface area contributed by atoms with Crippen LogP contribution in [0.4, 0.5) is 5.69 Å². The Labute approximate surface area is 185 Å². The molecule has 1 aromatic heterocycles. The number of hydrogen-bond acceptors (Lipinski definition) is 5. The Balaban J connectivity index is 1.52. The number of anilines is 1. The van der Waals surface area contributed by atoms with Crippen LogP contribution in [0.3, 0.4) is 0 Å². The van der Waals surface area contributed by atoms with Gasteiger partial charge in [-0.1, -0.05) is 18.2 Å². The van der Waals surface area contributed by atoms with Crippen molar-refractivity contribution in [1.29, 1.82) is 0 Å². The number of hydrogen-bond donors (Lipinski definition) is 2. The summed E-state index contributed by atoms with van der Waals surface area (Å²) in [4.78, 5) is 17.1. The van der Waals surface area contributed by atoms with Gasteiger partial charge in [0.2, 0.25) is 5.89 Å². The van der Waals surface area contributed by atoms with Gasteiger partial charge in [0.15, 0.2) is 10.7 Å². The standard InChI is InChI=1S/C24H21N3O3S/c1-14-7-10-19-21(11-14)30-23(25-19)17-9-8-15(2)20(13-17)26-24(31)27-22(28)16-5-4-6-18(12-16)29-3/h4-13H,1-3H3,(H2,26,27,28,31). The summed E-state index contributed by atoms with van der Waals surface area (Å²) in [6.45, 7) is 3.96. The van der Waals surface area contributed by atoms with Crippen LogP contribution in [0.15, 0.2) is 65.1 Å². The van der Waals surface area contributed by atoms with Gasteiger partial charge < -0.3 is 14.5 Å². The summed E-state index contributed by atoms with van der Waals surface area (Å²) in [5, 5.41) is 5.98. The topological polar surface area (TPSA) is 76.4 Å². The number of methoxy groups -OCH3 is 1. The number of ether oxygens (including phenoxy) is 1. The molecular weight excluding hydrogens is 410 g/mol. The molecule has 0 atom stereocenters. The molecule has 156 valence electrons. The largest absolute Gasteiger partial charge is 0.497 e. The minimum absolute atomic E-state index is 0.196. The smallest absolute Gasteiger partial charge is 0.257 e. The van der Waals surface area contributed by atoms with Crippen molar-refractivity contribution in [2.75, 3.05) is 12.4 Å². The predicted octanol–water partition coefficient (Wildman–Crippen LogP) is 5.25. The van der Waals surface area contributed by atoms with Crippen LogP contribution < -0.4 is 15.4 Å². The molecule has 0 unspecified atom stereocenters. The molecule has 0 spiro atoms. The Kier molecular flexibility index (Phi) is 5.68. The first-order valence-corrected chi connectivity index (χ1v) is 10.1. The molecule has 0 bridgehead atoms. The summed E-state index contributed by atoms with van der Waals surface area (Å²) in [6, 6.07) is 18.6. The van der Waals surface area contributed by atoms with E-state index in [1.165, 1.54) is 0 Å². The number of nitrogens with one attached hydrogen (secondary N) is 2. The minimum Gasteiger partial charge on any atom is -0.497 e. The molecular formula is C24H21N3O3S. The Hall–Kier alpha value is -3.71. The van der Waals surface area contributed by atoms with Crippen molar-refractivity contribution in [3.8, 4) is 17.2 Å². The van der Waals surface area contributed by atoms with Gasteiger partial charge in [0.05, 0.1) is 7.11 Å². The van der Waals surface area contributed by atoms with Gasteiger partial charge in [0, 0.05) is 16.8 Å². The molecule has 0 saturated carbocycles. The van der Waals surface area contributed by atoms with Gasteiger partial charge in [-0.05, 0) is 79.7 Å². The van der Waals surface area contributed by atoms with Gasteiger partial charge in [-0.25, -0.2) is 4.98 Å². The molecule has 0 saturated heterocycles. The van der Waals surface area contributed by atoms with Crippen molar-refractivity contribution < 1.29 is 13.9 Å². The highest BCUT2D eigenvalue weighted by molar-refractivity contribution is 7.80. The van der Waals surface area contributed by atoms with Crippen LogP contribution in [-0.2, 0) is 0 Å². The highest BCUT2D eigenvalue weighted by Crippen LogP contribution is 2.28. The second-order valence-corrected chi connectivity index (χ2v) is 7.57. The summed E-state index contributed by atoms with van der Waals surface area (Å²) in [7, 11) is 1.55. The van der Waals surface area contributed by atoms with E-state index in [1.807, 2.05) is 50.2 Å². The van der Waals surface area contributed by atoms with Gasteiger partial charge >= 0.3 is 0 Å². The Morgan fingerprint density at radius 3 is 2.71 bits per heavy atom. The first-order chi connectivity index (χ1) is 14.9. The highest BCUT2D eigenvalue weighted by atomic mass is 32.1. The number of aryl methyl sites for hydroxylation is 2. The lowest BCUT2D eigenvalue weighted by Gasteiger charge is -2.13. The summed E-state index contributed by atoms with van der Waals surface area (Å²) in [6.07, 6.45) is 0. The molecule has 4 rings (SSSR count). The summed E-state index contributed by atoms with van der Waals surface area (Å²) >= 11 is 5.35. The minimum atomic E-state index is -0.320. The van der Waals surface area contributed by atoms with Crippen LogP contribution in [0.5, 0.6) is 5.75 Å². The lowest BCUT2D eigenvalue weighted by atomic mass is 10.1. The molecule has 7 heteroatoms. The van der Waals surface area contributed by atoms with Crippen molar-refractivity contribution in [2.45, 2.75) is 13.8 Å². The fourth-order valence-electron chi connectivity index (χ4n) is 3.14. The lowest BCUT2D eigenvalue weighted by Crippen LogP contribution is -2.34. The second kappa shape index (κ2) is 8.57. The normalized spacial score (nSPS) is 10.7. The average Bonchev–Trinajstić information content (AvgIpc) is 3.18. The first kappa shape index (κ1) is 20.6. The Morgan fingerprint density at radius 2 is 1.90 bits per heavy atom. The number of thiocarbonyl (C=S) groups is 1. The number of rotatable bonds is 4. The summed E-state index contributed by atoms with van der Waals surface area (Å²) in [5.41, 5.74) is 5.64. The van der Waals surface area contributed by atoms with E-state index < -0.39 is 0 Å². The van der Waals surface area contributed by atoms with E-state index in [0.29, 0.717) is 17.2 Å². The third-order valence-corrected chi connectivity index (χ3v) is 5.04. The van der Waals surface area contributed by atoms with Crippen LogP contribution in [0.25, 0.3) is 22.6 Å². The SMILES string of the molecule is COc1cccc(C(=O)NC(=S)Nc2cc(-c3nc4ccc(C)cc4o3)ccc2C)c1. The maximum atomic E-state index is 12.5. The number of oxazole rings is 1. The zero-order valence-electron chi connectivity index (χ0n) is 17.4. The third kappa shape index (κ3) is 4.57. The van der Waals surface area contributed by atoms with Crippen molar-refractivity contribution >= 4 is 40.0 Å². The van der Waals surface area contributed by atoms with E-state index in [9.17, 15) is 4.79 Å². The van der Waals surface area contributed by atoms with E-state index in [0.717, 1.165) is 33.5 Å². The van der Waals surface area contributed by atoms with Gasteiger partial charge in [-0.3, -0.25) is 10.1 Å². The van der Waals surface area contributed by atoms with Crippen molar-refractivity contribution in [2.24, 2.45) is 0 Å². The van der Waals surface area contributed by atoms with Gasteiger partial charge in [-0.2, -0.15) is 0 Å². The van der Waals surface area contributed by atoms with Crippen LogP contribution >= 0.6 is 12.2 Å². The fraction of sp³-hybridized carbons (Fsp3) is 0.125. The van der Waals surface area contributed by atoms with E-state index in [4.69, 9.17) is 21.4 Å². The molecule has 0 radical (unpaired) electrons. The molecule has 4 aromatic rings. The molecule has 1 amide bonds. The molecule has 1 heterocycles. The van der Waals surface area contributed by atoms with Crippen molar-refractivity contribution in [3.05, 3.63) is 77.4 Å². The van der Waals surface area contributed by atoms with Gasteiger partial charge in [0.25, 0.3) is 5.91 Å². The third-order valence-electron chi connectivity index (χ3n) is 4.84. The maximum Gasteiger partial charge on any atom is 0.257 e. The van der Waals surface area contributed by atoms with Gasteiger partial charge in [-0.15, -0.1) is 0 Å². The fourth-order valence-corrected chi connectivity index (χ4v) is 3.34. The zero-order valence-corrected chi connectivity index (χ0v) is 18.2. The highest BCUT2D eigenvalue weighted by Gasteiger charge is 2.13. The number of fused-ring (bicyclic) bond motifs is 1. The molecule has 0 aliphatic heterocycles. The number of nitrogens with zero attached hydrogens (tertiary/aromatic N) is 1. The summed E-state index contributed by atoms with van der Waals surface area (Å²) in [5.74, 6) is 0.804. The monoisotopic (exact) mass is 431 g/mol. The summed E-state index contributed by atoms with van der Waals surface area (Å²) < 4.78 is 11.1. The van der Waals surface area contributed by atoms with Crippen LogP contribution in [0, 0.1) is 13.8 Å². The van der Waals surface area contributed by atoms with Gasteiger partial charge in [0.1, 0.15) is 11.3 Å². The molecule has 31 heavy (non-hydrogen) atoms. The van der Waals surface area contributed by atoms with E-state index in [-0.39, 0.29) is 11.0 Å². The number of carbonyl (C=O) groups is 1. The molecule has 0 aliphatic carbocycles.